The lowest BCUT2D eigenvalue weighted by atomic mass is 9.86. The Bertz CT molecular complexity index is 614. The highest BCUT2D eigenvalue weighted by Crippen LogP contribution is 2.32. The van der Waals surface area contributed by atoms with E-state index in [1.807, 2.05) is 25.1 Å². The molecule has 2 aliphatic rings. The van der Waals surface area contributed by atoms with E-state index in [9.17, 15) is 9.59 Å². The van der Waals surface area contributed by atoms with Crippen molar-refractivity contribution in [2.75, 3.05) is 18.1 Å². The monoisotopic (exact) mass is 316 g/mol. The minimum atomic E-state index is -0.171. The lowest BCUT2D eigenvalue weighted by Crippen LogP contribution is -2.49. The van der Waals surface area contributed by atoms with Gasteiger partial charge in [-0.05, 0) is 43.4 Å². The minimum Gasteiger partial charge on any atom is -0.482 e. The average Bonchev–Trinajstić information content (AvgIpc) is 2.52. The molecule has 0 saturated heterocycles. The third kappa shape index (κ3) is 3.49. The lowest BCUT2D eigenvalue weighted by Gasteiger charge is -2.32. The Morgan fingerprint density at radius 3 is 2.91 bits per heavy atom. The number of fused-ring (bicyclic) bond motifs is 1. The number of nitrogens with zero attached hydrogens (tertiary/aromatic N) is 1. The number of rotatable bonds is 3. The SMILES string of the molecule is Cc1ccc2c(c1)N(CC(=O)N[C@H]1CCCC[C@H]1C)C(=O)CO2. The van der Waals surface area contributed by atoms with Gasteiger partial charge in [-0.1, -0.05) is 25.8 Å². The lowest BCUT2D eigenvalue weighted by molar-refractivity contribution is -0.126. The maximum atomic E-state index is 12.4. The van der Waals surface area contributed by atoms with Crippen LogP contribution in [0.1, 0.15) is 38.2 Å². The van der Waals surface area contributed by atoms with E-state index in [-0.39, 0.29) is 31.0 Å². The number of carbonyl (C=O) groups excluding carboxylic acids is 2. The quantitative estimate of drug-likeness (QED) is 0.931. The second-order valence-electron chi connectivity index (χ2n) is 6.68. The van der Waals surface area contributed by atoms with Gasteiger partial charge in [-0.25, -0.2) is 0 Å². The van der Waals surface area contributed by atoms with Crippen LogP contribution in [0.3, 0.4) is 0 Å². The molecule has 1 N–H and O–H groups in total. The van der Waals surface area contributed by atoms with Gasteiger partial charge in [0.2, 0.25) is 5.91 Å². The van der Waals surface area contributed by atoms with Crippen molar-refractivity contribution in [3.8, 4) is 5.75 Å². The number of ether oxygens (including phenoxy) is 1. The van der Waals surface area contributed by atoms with Crippen molar-refractivity contribution in [2.24, 2.45) is 5.92 Å². The summed E-state index contributed by atoms with van der Waals surface area (Å²) in [5.41, 5.74) is 1.72. The maximum Gasteiger partial charge on any atom is 0.265 e. The number of hydrogen-bond acceptors (Lipinski definition) is 3. The first-order chi connectivity index (χ1) is 11.0. The molecule has 1 aromatic rings. The van der Waals surface area contributed by atoms with Gasteiger partial charge in [0.05, 0.1) is 5.69 Å². The predicted molar refractivity (Wildman–Crippen MR) is 88.6 cm³/mol. The number of hydrogen-bond donors (Lipinski definition) is 1. The molecule has 2 atom stereocenters. The summed E-state index contributed by atoms with van der Waals surface area (Å²) in [6.45, 7) is 4.19. The zero-order valence-corrected chi connectivity index (χ0v) is 13.8. The fourth-order valence-electron chi connectivity index (χ4n) is 3.41. The molecule has 1 saturated carbocycles. The maximum absolute atomic E-state index is 12.4. The van der Waals surface area contributed by atoms with E-state index >= 15 is 0 Å². The molecule has 3 rings (SSSR count). The Morgan fingerprint density at radius 1 is 1.35 bits per heavy atom. The van der Waals surface area contributed by atoms with Crippen molar-refractivity contribution in [1.82, 2.24) is 5.32 Å². The smallest absolute Gasteiger partial charge is 0.265 e. The van der Waals surface area contributed by atoms with Gasteiger partial charge in [-0.3, -0.25) is 14.5 Å². The first kappa shape index (κ1) is 15.8. The highest BCUT2D eigenvalue weighted by atomic mass is 16.5. The van der Waals surface area contributed by atoms with Gasteiger partial charge in [-0.15, -0.1) is 0 Å². The van der Waals surface area contributed by atoms with E-state index in [1.165, 1.54) is 11.3 Å². The molecule has 23 heavy (non-hydrogen) atoms. The van der Waals surface area contributed by atoms with Crippen LogP contribution in [0, 0.1) is 12.8 Å². The Labute approximate surface area is 137 Å². The molecular weight excluding hydrogens is 292 g/mol. The molecule has 5 heteroatoms. The summed E-state index contributed by atoms with van der Waals surface area (Å²) >= 11 is 0. The topological polar surface area (TPSA) is 58.6 Å². The summed E-state index contributed by atoms with van der Waals surface area (Å²) in [6, 6.07) is 5.91. The third-order valence-electron chi connectivity index (χ3n) is 4.82. The van der Waals surface area contributed by atoms with Gasteiger partial charge >= 0.3 is 0 Å². The van der Waals surface area contributed by atoms with Crippen LogP contribution in [0.5, 0.6) is 5.75 Å². The Kier molecular flexibility index (Phi) is 4.55. The van der Waals surface area contributed by atoms with E-state index in [1.54, 1.807) is 0 Å². The van der Waals surface area contributed by atoms with Crippen LogP contribution in [0.4, 0.5) is 5.69 Å². The number of amides is 2. The molecule has 1 heterocycles. The van der Waals surface area contributed by atoms with Gasteiger partial charge in [0.25, 0.3) is 5.91 Å². The van der Waals surface area contributed by atoms with Crippen LogP contribution >= 0.6 is 0 Å². The first-order valence-corrected chi connectivity index (χ1v) is 8.38. The van der Waals surface area contributed by atoms with Crippen LogP contribution in [-0.4, -0.2) is 31.0 Å². The van der Waals surface area contributed by atoms with Crippen LogP contribution in [0.25, 0.3) is 0 Å². The Morgan fingerprint density at radius 2 is 2.13 bits per heavy atom. The van der Waals surface area contributed by atoms with Crippen LogP contribution < -0.4 is 15.0 Å². The molecule has 1 aliphatic heterocycles. The Hall–Kier alpha value is -2.04. The normalized spacial score (nSPS) is 23.9. The molecule has 0 spiro atoms. The summed E-state index contributed by atoms with van der Waals surface area (Å²) in [6.07, 6.45) is 4.58. The minimum absolute atomic E-state index is 0.0107. The van der Waals surface area contributed by atoms with Crippen LogP contribution in [0.15, 0.2) is 18.2 Å². The van der Waals surface area contributed by atoms with Gasteiger partial charge in [0, 0.05) is 6.04 Å². The van der Waals surface area contributed by atoms with Crippen molar-refractivity contribution in [3.05, 3.63) is 23.8 Å². The van der Waals surface area contributed by atoms with E-state index in [4.69, 9.17) is 4.74 Å². The van der Waals surface area contributed by atoms with Crippen molar-refractivity contribution in [2.45, 2.75) is 45.6 Å². The van der Waals surface area contributed by atoms with Crippen LogP contribution in [-0.2, 0) is 9.59 Å². The molecule has 5 nitrogen and oxygen atoms in total. The largest absolute Gasteiger partial charge is 0.482 e. The standard InChI is InChI=1S/C18H24N2O3/c1-12-7-8-16-15(9-12)20(18(22)11-23-16)10-17(21)19-14-6-4-3-5-13(14)2/h7-9,13-14H,3-6,10-11H2,1-2H3,(H,19,21)/t13-,14+/m1/s1. The van der Waals surface area contributed by atoms with Crippen LogP contribution in [0.2, 0.25) is 0 Å². The summed E-state index contributed by atoms with van der Waals surface area (Å²) in [4.78, 5) is 26.1. The van der Waals surface area contributed by atoms with Gasteiger partial charge in [-0.2, -0.15) is 0 Å². The highest BCUT2D eigenvalue weighted by molar-refractivity contribution is 6.02. The number of carbonyl (C=O) groups is 2. The number of aryl methyl sites for hydroxylation is 1. The third-order valence-corrected chi connectivity index (χ3v) is 4.82. The fraction of sp³-hybridized carbons (Fsp3) is 0.556. The molecule has 1 aromatic carbocycles. The molecule has 0 aromatic heterocycles. The van der Waals surface area contributed by atoms with Crippen molar-refractivity contribution in [1.29, 1.82) is 0 Å². The summed E-state index contributed by atoms with van der Waals surface area (Å²) in [7, 11) is 0. The van der Waals surface area contributed by atoms with E-state index in [2.05, 4.69) is 12.2 Å². The van der Waals surface area contributed by atoms with E-state index in [0.717, 1.165) is 24.8 Å². The van der Waals surface area contributed by atoms with E-state index < -0.39 is 0 Å². The average molecular weight is 316 g/mol. The van der Waals surface area contributed by atoms with Gasteiger partial charge in [0.1, 0.15) is 12.3 Å². The number of benzene rings is 1. The Balaban J connectivity index is 1.70. The molecule has 124 valence electrons. The predicted octanol–water partition coefficient (Wildman–Crippen LogP) is 2.42. The summed E-state index contributed by atoms with van der Waals surface area (Å²) in [5.74, 6) is 0.901. The van der Waals surface area contributed by atoms with Crippen molar-refractivity contribution < 1.29 is 14.3 Å². The molecule has 0 bridgehead atoms. The zero-order valence-electron chi connectivity index (χ0n) is 13.8. The molecular formula is C18H24N2O3. The second-order valence-corrected chi connectivity index (χ2v) is 6.68. The van der Waals surface area contributed by atoms with Gasteiger partial charge in [0.15, 0.2) is 6.61 Å². The number of anilines is 1. The summed E-state index contributed by atoms with van der Waals surface area (Å²) in [5, 5.41) is 3.11. The van der Waals surface area contributed by atoms with Gasteiger partial charge < -0.3 is 10.1 Å². The first-order valence-electron chi connectivity index (χ1n) is 8.38. The molecule has 2 amide bonds. The van der Waals surface area contributed by atoms with E-state index in [0.29, 0.717) is 17.4 Å². The number of nitrogens with one attached hydrogen (secondary N) is 1. The fourth-order valence-corrected chi connectivity index (χ4v) is 3.41. The molecule has 0 radical (unpaired) electrons. The second kappa shape index (κ2) is 6.60. The molecule has 0 unspecified atom stereocenters. The molecule has 1 fully saturated rings. The highest BCUT2D eigenvalue weighted by Gasteiger charge is 2.29. The molecule has 1 aliphatic carbocycles. The van der Waals surface area contributed by atoms with Crippen molar-refractivity contribution in [3.63, 3.8) is 0 Å². The van der Waals surface area contributed by atoms with Crippen molar-refractivity contribution >= 4 is 17.5 Å². The zero-order chi connectivity index (χ0) is 16.4. The summed E-state index contributed by atoms with van der Waals surface area (Å²) < 4.78 is 5.45.